The standard InChI is InChI=1S/C18H21NO3/c1-19-8-7-18-11-4-5-13(20)17(18)22-16-14(21-2)6-3-10(15(16)18)9-12(11)19/h3-6,11-13,17,20H,7-9H2,1-2H3/t11-,12+,13?,17?,18-/m0/s1/i2D3,3D,6D,9D2,11D,13D,17D,20D. The second kappa shape index (κ2) is 4.06. The zero-order chi connectivity index (χ0) is 24.6. The summed E-state index contributed by atoms with van der Waals surface area (Å²) in [5.41, 5.74) is -2.22. The third-order valence-corrected chi connectivity index (χ3v) is 5.09. The minimum atomic E-state index is -3.06. The quantitative estimate of drug-likeness (QED) is 0.841. The Labute approximate surface area is 145 Å². The second-order valence-corrected chi connectivity index (χ2v) is 6.03. The number of rotatable bonds is 2. The fraction of sp³-hybridized carbons (Fsp3) is 0.556. The van der Waals surface area contributed by atoms with Crippen LogP contribution in [0.5, 0.6) is 11.5 Å². The zero-order valence-electron chi connectivity index (χ0n) is 22.8. The Kier molecular flexibility index (Phi) is 1.14. The van der Waals surface area contributed by atoms with Gasteiger partial charge in [0.1, 0.15) is 12.2 Å². The van der Waals surface area contributed by atoms with Gasteiger partial charge >= 0.3 is 0 Å². The minimum Gasteiger partial charge on any atom is -0.493 e. The van der Waals surface area contributed by atoms with Crippen LogP contribution in [0.25, 0.3) is 0 Å². The molecule has 4 nitrogen and oxygen atoms in total. The Morgan fingerprint density at radius 2 is 2.59 bits per heavy atom. The van der Waals surface area contributed by atoms with Gasteiger partial charge in [0.2, 0.25) is 1.43 Å². The molecule has 2 unspecified atom stereocenters. The van der Waals surface area contributed by atoms with E-state index >= 15 is 0 Å². The highest BCUT2D eigenvalue weighted by Gasteiger charge is 2.64. The summed E-state index contributed by atoms with van der Waals surface area (Å²) in [6.07, 6.45) is -5.10. The van der Waals surface area contributed by atoms with Crippen molar-refractivity contribution in [2.75, 3.05) is 20.6 Å². The van der Waals surface area contributed by atoms with E-state index in [1.54, 1.807) is 11.9 Å². The molecule has 1 saturated heterocycles. The number of piperidine rings is 1. The van der Waals surface area contributed by atoms with Gasteiger partial charge in [0.25, 0.3) is 0 Å². The van der Waals surface area contributed by atoms with Crippen LogP contribution in [0.3, 0.4) is 0 Å². The smallest absolute Gasteiger partial charge is 0.211 e. The van der Waals surface area contributed by atoms with Crippen molar-refractivity contribution in [3.8, 4) is 11.5 Å². The van der Waals surface area contributed by atoms with Crippen molar-refractivity contribution in [1.82, 2.24) is 4.90 Å². The van der Waals surface area contributed by atoms with Crippen LogP contribution in [0.4, 0.5) is 0 Å². The fourth-order valence-corrected chi connectivity index (χ4v) is 4.12. The molecule has 1 N–H and O–H groups in total. The van der Waals surface area contributed by atoms with Crippen LogP contribution in [-0.4, -0.2) is 50.3 Å². The van der Waals surface area contributed by atoms with Crippen molar-refractivity contribution in [3.05, 3.63) is 35.4 Å². The minimum absolute atomic E-state index is 0.00139. The Morgan fingerprint density at radius 3 is 3.45 bits per heavy atom. The summed E-state index contributed by atoms with van der Waals surface area (Å²) >= 11 is 0. The van der Waals surface area contributed by atoms with Gasteiger partial charge in [0, 0.05) is 27.0 Å². The van der Waals surface area contributed by atoms with Crippen LogP contribution in [0, 0.1) is 5.89 Å². The van der Waals surface area contributed by atoms with Gasteiger partial charge in [0.15, 0.2) is 11.5 Å². The summed E-state index contributed by atoms with van der Waals surface area (Å²) in [7, 11) is -1.44. The summed E-state index contributed by atoms with van der Waals surface area (Å²) in [4.78, 5) is 1.61. The first-order valence-electron chi connectivity index (χ1n) is 12.5. The molecule has 5 rings (SSSR count). The lowest BCUT2D eigenvalue weighted by atomic mass is 9.53. The molecular formula is C18H21NO3. The van der Waals surface area contributed by atoms with Crippen LogP contribution in [-0.2, 0) is 11.8 Å². The third-order valence-electron chi connectivity index (χ3n) is 5.09. The SMILES string of the molecule is [2H]OC1([2H])C=C[C@@]2([2H])[C@@H]3N(C)CC[C@@]24c2c(c(OC([2H])([2H])[2H])c([2H])c([2H])c2C3([2H])[2H])OC14[2H]. The molecule has 5 atom stereocenters. The van der Waals surface area contributed by atoms with Crippen molar-refractivity contribution in [1.29, 1.82) is 1.43 Å². The maximum atomic E-state index is 9.49. The highest BCUT2D eigenvalue weighted by atomic mass is 16.5. The lowest BCUT2D eigenvalue weighted by molar-refractivity contribution is -0.0453. The van der Waals surface area contributed by atoms with Crippen LogP contribution in [0.1, 0.15) is 31.3 Å². The van der Waals surface area contributed by atoms with Crippen LogP contribution >= 0.6 is 0 Å². The van der Waals surface area contributed by atoms with Crippen LogP contribution in [0.15, 0.2) is 24.2 Å². The van der Waals surface area contributed by atoms with E-state index < -0.39 is 66.5 Å². The van der Waals surface area contributed by atoms with Gasteiger partial charge in [-0.3, -0.25) is 0 Å². The van der Waals surface area contributed by atoms with E-state index in [0.717, 1.165) is 6.08 Å². The summed E-state index contributed by atoms with van der Waals surface area (Å²) in [5, 5.41) is 4.63. The lowest BCUT2D eigenvalue weighted by Gasteiger charge is -2.56. The number of hydrogen-bond acceptors (Lipinski definition) is 4. The van der Waals surface area contributed by atoms with E-state index in [0.29, 0.717) is 0 Å². The summed E-state index contributed by atoms with van der Waals surface area (Å²) in [6, 6.07) is -2.60. The van der Waals surface area contributed by atoms with Gasteiger partial charge in [-0.1, -0.05) is 18.2 Å². The average molecular weight is 310 g/mol. The molecule has 1 aromatic carbocycles. The molecular weight excluding hydrogens is 278 g/mol. The maximum absolute atomic E-state index is 9.49. The third kappa shape index (κ3) is 1.28. The first kappa shape index (κ1) is 6.17. The number of likely N-dealkylation sites (tertiary alicyclic amines) is 1. The summed E-state index contributed by atoms with van der Waals surface area (Å²) < 4.78 is 103. The summed E-state index contributed by atoms with van der Waals surface area (Å²) in [5.74, 6) is -3.05. The number of methoxy groups -OCH3 is 1. The number of benzene rings is 1. The molecule has 1 spiro atoms. The molecule has 0 saturated carbocycles. The van der Waals surface area contributed by atoms with Crippen molar-refractivity contribution in [2.45, 2.75) is 36.4 Å². The number of nitrogens with zero attached hydrogens (tertiary/aromatic N) is 1. The van der Waals surface area contributed by atoms with E-state index in [2.05, 4.69) is 5.11 Å². The van der Waals surface area contributed by atoms with Crippen molar-refractivity contribution >= 4 is 0 Å². The van der Waals surface area contributed by atoms with E-state index in [-0.39, 0.29) is 24.1 Å². The maximum Gasteiger partial charge on any atom is 0.211 e. The molecule has 0 radical (unpaired) electrons. The molecule has 2 bridgehead atoms. The normalized spacial score (nSPS) is 61.1. The van der Waals surface area contributed by atoms with Crippen molar-refractivity contribution < 1.29 is 28.3 Å². The predicted molar refractivity (Wildman–Crippen MR) is 82.5 cm³/mol. The lowest BCUT2D eigenvalue weighted by Crippen LogP contribution is -2.64. The molecule has 1 aromatic rings. The molecule has 1 fully saturated rings. The first-order chi connectivity index (χ1) is 15.0. The molecule has 22 heavy (non-hydrogen) atoms. The average Bonchev–Trinajstić information content (AvgIpc) is 2.96. The van der Waals surface area contributed by atoms with E-state index in [4.69, 9.17) is 21.9 Å². The van der Waals surface area contributed by atoms with Gasteiger partial charge in [-0.15, -0.1) is 0 Å². The summed E-state index contributed by atoms with van der Waals surface area (Å²) in [6.45, 7) is 0.195. The molecule has 4 heteroatoms. The Morgan fingerprint density at radius 1 is 1.64 bits per heavy atom. The number of likely N-dealkylation sites (N-methyl/N-ethyl adjacent to an activating group) is 1. The number of hydrogen-bond donors (Lipinski definition) is 1. The Bertz CT molecular complexity index is 1110. The Hall–Kier alpha value is -1.52. The van der Waals surface area contributed by atoms with Crippen LogP contribution < -0.4 is 9.47 Å². The number of aliphatic hydroxyl groups is 1. The van der Waals surface area contributed by atoms with Gasteiger partial charge in [-0.2, -0.15) is 0 Å². The molecule has 2 heterocycles. The highest BCUT2D eigenvalue weighted by Crippen LogP contribution is 2.62. The van der Waals surface area contributed by atoms with Crippen LogP contribution in [0.2, 0.25) is 0 Å². The zero-order valence-corrected chi connectivity index (χ0v) is 11.8. The van der Waals surface area contributed by atoms with Crippen molar-refractivity contribution in [3.63, 3.8) is 0 Å². The molecule has 2 aliphatic carbocycles. The predicted octanol–water partition coefficient (Wildman–Crippen LogP) is 1.50. The highest BCUT2D eigenvalue weighted by molar-refractivity contribution is 5.62. The molecule has 0 amide bonds. The molecule has 116 valence electrons. The molecule has 0 aromatic heterocycles. The first-order valence-corrected chi connectivity index (χ1v) is 7.13. The van der Waals surface area contributed by atoms with E-state index in [9.17, 15) is 2.74 Å². The van der Waals surface area contributed by atoms with E-state index in [1.807, 2.05) is 0 Å². The van der Waals surface area contributed by atoms with Gasteiger partial charge in [-0.05, 0) is 38.0 Å². The van der Waals surface area contributed by atoms with Gasteiger partial charge < -0.3 is 19.5 Å². The second-order valence-electron chi connectivity index (χ2n) is 6.03. The fourth-order valence-electron chi connectivity index (χ4n) is 4.12. The Balaban J connectivity index is 1.99. The monoisotopic (exact) mass is 310 g/mol. The molecule has 4 aliphatic rings. The topological polar surface area (TPSA) is 41.9 Å². The van der Waals surface area contributed by atoms with E-state index in [1.165, 1.54) is 6.08 Å². The van der Waals surface area contributed by atoms with Gasteiger partial charge in [-0.25, -0.2) is 0 Å². The molecule has 2 aliphatic heterocycles. The van der Waals surface area contributed by atoms with Gasteiger partial charge in [0.05, 0.1) is 16.6 Å². The number of ether oxygens (including phenoxy) is 2. The van der Waals surface area contributed by atoms with Crippen molar-refractivity contribution in [2.24, 2.45) is 5.89 Å². The largest absolute Gasteiger partial charge is 0.493 e.